The molecule has 26 heavy (non-hydrogen) atoms. The summed E-state index contributed by atoms with van der Waals surface area (Å²) in [6.45, 7) is 4.39. The second-order valence-electron chi connectivity index (χ2n) is 5.79. The molecule has 0 aromatic heterocycles. The van der Waals surface area contributed by atoms with Gasteiger partial charge in [0.05, 0.1) is 27.4 Å². The van der Waals surface area contributed by atoms with E-state index in [1.54, 1.807) is 28.1 Å². The van der Waals surface area contributed by atoms with Gasteiger partial charge >= 0.3 is 11.9 Å². The lowest BCUT2D eigenvalue weighted by Gasteiger charge is -2.15. The Labute approximate surface area is 155 Å². The predicted molar refractivity (Wildman–Crippen MR) is 98.7 cm³/mol. The second kappa shape index (κ2) is 12.2. The van der Waals surface area contributed by atoms with Gasteiger partial charge in [-0.3, -0.25) is 9.59 Å². The highest BCUT2D eigenvalue weighted by atomic mass is 16.5. The lowest BCUT2D eigenvalue weighted by molar-refractivity contribution is -0.144. The molecule has 0 aliphatic carbocycles. The smallest absolute Gasteiger partial charge is 0.305 e. The molecule has 0 aliphatic rings. The van der Waals surface area contributed by atoms with Gasteiger partial charge in [-0.25, -0.2) is 0 Å². The van der Waals surface area contributed by atoms with E-state index >= 15 is 0 Å². The number of hydrogen-bond acceptors (Lipinski definition) is 6. The first kappa shape index (κ1) is 21.8. The van der Waals surface area contributed by atoms with Gasteiger partial charge in [-0.2, -0.15) is 0 Å². The molecule has 0 fully saturated rings. The number of hydrogen-bond donors (Lipinski definition) is 0. The Kier molecular flexibility index (Phi) is 10.2. The molecule has 1 rings (SSSR count). The number of ether oxygens (including phenoxy) is 4. The lowest BCUT2D eigenvalue weighted by atomic mass is 10.0. The normalized spacial score (nSPS) is 10.3. The first-order valence-electron chi connectivity index (χ1n) is 9.10. The van der Waals surface area contributed by atoms with Gasteiger partial charge in [0.25, 0.3) is 0 Å². The zero-order chi connectivity index (χ0) is 19.4. The van der Waals surface area contributed by atoms with E-state index < -0.39 is 0 Å². The Hall–Kier alpha value is -2.24. The molecule has 0 bridgehead atoms. The number of aryl methyl sites for hydroxylation is 2. The van der Waals surface area contributed by atoms with Crippen molar-refractivity contribution in [2.45, 2.75) is 52.4 Å². The molecule has 0 saturated carbocycles. The van der Waals surface area contributed by atoms with Crippen LogP contribution in [0.4, 0.5) is 0 Å². The van der Waals surface area contributed by atoms with E-state index in [9.17, 15) is 9.59 Å². The van der Waals surface area contributed by atoms with Crippen LogP contribution in [0.3, 0.4) is 0 Å². The number of esters is 2. The van der Waals surface area contributed by atoms with E-state index in [1.807, 2.05) is 12.1 Å². The van der Waals surface area contributed by atoms with Crippen LogP contribution in [0.15, 0.2) is 12.1 Å². The Morgan fingerprint density at radius 2 is 1.15 bits per heavy atom. The fourth-order valence-corrected chi connectivity index (χ4v) is 2.73. The largest absolute Gasteiger partial charge is 0.496 e. The molecule has 0 saturated heterocycles. The fourth-order valence-electron chi connectivity index (χ4n) is 2.73. The maximum absolute atomic E-state index is 11.5. The quantitative estimate of drug-likeness (QED) is 0.528. The van der Waals surface area contributed by atoms with Gasteiger partial charge in [0.2, 0.25) is 0 Å². The average Bonchev–Trinajstić information content (AvgIpc) is 2.62. The highest BCUT2D eigenvalue weighted by Crippen LogP contribution is 2.31. The molecular formula is C20H30O6. The Balaban J connectivity index is 2.73. The van der Waals surface area contributed by atoms with Crippen molar-refractivity contribution in [3.63, 3.8) is 0 Å². The number of rotatable bonds is 12. The average molecular weight is 366 g/mol. The summed E-state index contributed by atoms with van der Waals surface area (Å²) in [5, 5.41) is 0. The van der Waals surface area contributed by atoms with Crippen molar-refractivity contribution in [1.82, 2.24) is 0 Å². The molecule has 6 nitrogen and oxygen atoms in total. The first-order chi connectivity index (χ1) is 12.5. The van der Waals surface area contributed by atoms with Crippen LogP contribution in [-0.2, 0) is 31.9 Å². The highest BCUT2D eigenvalue weighted by Gasteiger charge is 2.13. The third kappa shape index (κ3) is 7.33. The molecule has 0 radical (unpaired) electrons. The Morgan fingerprint density at radius 3 is 1.46 bits per heavy atom. The van der Waals surface area contributed by atoms with Crippen molar-refractivity contribution in [1.29, 1.82) is 0 Å². The number of methoxy groups -OCH3 is 2. The zero-order valence-corrected chi connectivity index (χ0v) is 16.3. The van der Waals surface area contributed by atoms with Crippen LogP contribution in [-0.4, -0.2) is 39.4 Å². The van der Waals surface area contributed by atoms with Crippen LogP contribution >= 0.6 is 0 Å². The van der Waals surface area contributed by atoms with E-state index in [0.29, 0.717) is 51.7 Å². The highest BCUT2D eigenvalue weighted by molar-refractivity contribution is 5.69. The molecule has 146 valence electrons. The van der Waals surface area contributed by atoms with Crippen LogP contribution in [0.2, 0.25) is 0 Å². The van der Waals surface area contributed by atoms with Crippen molar-refractivity contribution in [3.8, 4) is 11.5 Å². The summed E-state index contributed by atoms with van der Waals surface area (Å²) in [4.78, 5) is 22.9. The van der Waals surface area contributed by atoms with Crippen LogP contribution in [0.25, 0.3) is 0 Å². The topological polar surface area (TPSA) is 71.1 Å². The molecule has 6 heteroatoms. The summed E-state index contributed by atoms with van der Waals surface area (Å²) < 4.78 is 20.9. The zero-order valence-electron chi connectivity index (χ0n) is 16.3. The molecule has 0 heterocycles. The number of carbonyl (C=O) groups excluding carboxylic acids is 2. The molecule has 1 aromatic rings. The van der Waals surface area contributed by atoms with Gasteiger partial charge < -0.3 is 18.9 Å². The molecule has 0 unspecified atom stereocenters. The van der Waals surface area contributed by atoms with Gasteiger partial charge in [0.1, 0.15) is 11.5 Å². The Bertz CT molecular complexity index is 530. The summed E-state index contributed by atoms with van der Waals surface area (Å²) in [6.07, 6.45) is 3.51. The standard InChI is InChI=1S/C20H30O6/c1-5-25-19(21)11-7-9-15-13-18(24-4)16(14-17(15)23-3)10-8-12-20(22)26-6-2/h13-14H,5-12H2,1-4H3. The SMILES string of the molecule is CCOC(=O)CCCc1cc(OC)c(CCCC(=O)OCC)cc1OC. The summed E-state index contributed by atoms with van der Waals surface area (Å²) in [5.74, 6) is 1.16. The van der Waals surface area contributed by atoms with E-state index in [4.69, 9.17) is 18.9 Å². The van der Waals surface area contributed by atoms with Crippen LogP contribution < -0.4 is 9.47 Å². The summed E-state index contributed by atoms with van der Waals surface area (Å²) in [6, 6.07) is 3.90. The van der Waals surface area contributed by atoms with Crippen molar-refractivity contribution in [2.24, 2.45) is 0 Å². The summed E-state index contributed by atoms with van der Waals surface area (Å²) >= 11 is 0. The molecular weight excluding hydrogens is 336 g/mol. The van der Waals surface area contributed by atoms with E-state index in [1.165, 1.54) is 0 Å². The third-order valence-corrected chi connectivity index (χ3v) is 3.95. The minimum Gasteiger partial charge on any atom is -0.496 e. The van der Waals surface area contributed by atoms with Crippen LogP contribution in [0.1, 0.15) is 50.7 Å². The van der Waals surface area contributed by atoms with E-state index in [-0.39, 0.29) is 11.9 Å². The van der Waals surface area contributed by atoms with Crippen molar-refractivity contribution >= 4 is 11.9 Å². The van der Waals surface area contributed by atoms with Gasteiger partial charge in [-0.1, -0.05) is 0 Å². The maximum Gasteiger partial charge on any atom is 0.305 e. The molecule has 1 aromatic carbocycles. The Morgan fingerprint density at radius 1 is 0.769 bits per heavy atom. The van der Waals surface area contributed by atoms with Crippen LogP contribution in [0.5, 0.6) is 11.5 Å². The fraction of sp³-hybridized carbons (Fsp3) is 0.600. The van der Waals surface area contributed by atoms with Crippen LogP contribution in [0, 0.1) is 0 Å². The monoisotopic (exact) mass is 366 g/mol. The first-order valence-corrected chi connectivity index (χ1v) is 9.10. The van der Waals surface area contributed by atoms with Crippen molar-refractivity contribution in [2.75, 3.05) is 27.4 Å². The number of carbonyl (C=O) groups is 2. The lowest BCUT2D eigenvalue weighted by Crippen LogP contribution is -2.06. The molecule has 0 spiro atoms. The van der Waals surface area contributed by atoms with Gasteiger partial charge in [0, 0.05) is 12.8 Å². The van der Waals surface area contributed by atoms with Crippen molar-refractivity contribution < 1.29 is 28.5 Å². The maximum atomic E-state index is 11.5. The molecule has 0 atom stereocenters. The summed E-state index contributed by atoms with van der Waals surface area (Å²) in [7, 11) is 3.25. The van der Waals surface area contributed by atoms with E-state index in [2.05, 4.69) is 0 Å². The third-order valence-electron chi connectivity index (χ3n) is 3.95. The molecule has 0 N–H and O–H groups in total. The van der Waals surface area contributed by atoms with Gasteiger partial charge in [0.15, 0.2) is 0 Å². The molecule has 0 aliphatic heterocycles. The van der Waals surface area contributed by atoms with Gasteiger partial charge in [-0.15, -0.1) is 0 Å². The minimum atomic E-state index is -0.186. The second-order valence-corrected chi connectivity index (χ2v) is 5.79. The molecule has 0 amide bonds. The minimum absolute atomic E-state index is 0.186. The van der Waals surface area contributed by atoms with E-state index in [0.717, 1.165) is 22.6 Å². The summed E-state index contributed by atoms with van der Waals surface area (Å²) in [5.41, 5.74) is 1.98. The van der Waals surface area contributed by atoms with Crippen molar-refractivity contribution in [3.05, 3.63) is 23.3 Å². The van der Waals surface area contributed by atoms with Gasteiger partial charge in [-0.05, 0) is 62.8 Å². The number of benzene rings is 1. The predicted octanol–water partition coefficient (Wildman–Crippen LogP) is 3.48.